The van der Waals surface area contributed by atoms with Crippen LogP contribution < -0.4 is 10.3 Å². The van der Waals surface area contributed by atoms with Crippen LogP contribution in [0.5, 0.6) is 6.01 Å². The van der Waals surface area contributed by atoms with E-state index < -0.39 is 0 Å². The van der Waals surface area contributed by atoms with Crippen LogP contribution in [-0.2, 0) is 7.05 Å². The zero-order chi connectivity index (χ0) is 19.5. The Labute approximate surface area is 165 Å². The maximum absolute atomic E-state index is 12.3. The topological polar surface area (TPSA) is 76.4 Å². The lowest BCUT2D eigenvalue weighted by Gasteiger charge is -2.40. The first-order valence-corrected chi connectivity index (χ1v) is 10.0. The summed E-state index contributed by atoms with van der Waals surface area (Å²) in [5.41, 5.74) is 0.987. The van der Waals surface area contributed by atoms with E-state index in [0.29, 0.717) is 23.4 Å². The number of rotatable bonds is 4. The minimum atomic E-state index is -0.151. The lowest BCUT2D eigenvalue weighted by Crippen LogP contribution is -2.48. The highest BCUT2D eigenvalue weighted by molar-refractivity contribution is 5.52. The van der Waals surface area contributed by atoms with Crippen LogP contribution in [0.1, 0.15) is 25.7 Å². The molecule has 0 spiro atoms. The van der Waals surface area contributed by atoms with Gasteiger partial charge < -0.3 is 14.5 Å². The van der Waals surface area contributed by atoms with Crippen LogP contribution in [0.25, 0.3) is 11.4 Å². The van der Waals surface area contributed by atoms with Crippen molar-refractivity contribution >= 4 is 0 Å². The molecule has 2 aliphatic heterocycles. The van der Waals surface area contributed by atoms with E-state index in [1.165, 1.54) is 42.9 Å². The Kier molecular flexibility index (Phi) is 5.68. The summed E-state index contributed by atoms with van der Waals surface area (Å²) in [5.74, 6) is 0. The lowest BCUT2D eigenvalue weighted by molar-refractivity contribution is 0.0469. The predicted molar refractivity (Wildman–Crippen MR) is 106 cm³/mol. The van der Waals surface area contributed by atoms with Gasteiger partial charge in [0.05, 0.1) is 11.4 Å². The zero-order valence-electron chi connectivity index (χ0n) is 16.6. The van der Waals surface area contributed by atoms with Gasteiger partial charge in [-0.05, 0) is 51.9 Å². The second kappa shape index (κ2) is 8.36. The van der Waals surface area contributed by atoms with Crippen molar-refractivity contribution in [2.45, 2.75) is 37.8 Å². The average molecular weight is 384 g/mol. The molecule has 0 N–H and O–H groups in total. The third kappa shape index (κ3) is 4.23. The molecular weight excluding hydrogens is 356 g/mol. The minimum absolute atomic E-state index is 0.0845. The molecule has 2 aromatic heterocycles. The fraction of sp³-hybridized carbons (Fsp3) is 0.600. The van der Waals surface area contributed by atoms with Crippen LogP contribution in [0.15, 0.2) is 29.5 Å². The van der Waals surface area contributed by atoms with Gasteiger partial charge in [-0.1, -0.05) is 0 Å². The Hall–Kier alpha value is -2.32. The quantitative estimate of drug-likeness (QED) is 0.783. The lowest BCUT2D eigenvalue weighted by atomic mass is 9.99. The van der Waals surface area contributed by atoms with Crippen LogP contribution in [0.3, 0.4) is 0 Å². The fourth-order valence-electron chi connectivity index (χ4n) is 4.07. The molecule has 2 fully saturated rings. The van der Waals surface area contributed by atoms with E-state index in [-0.39, 0.29) is 11.7 Å². The third-order valence-electron chi connectivity index (χ3n) is 5.89. The van der Waals surface area contributed by atoms with Gasteiger partial charge >= 0.3 is 0 Å². The van der Waals surface area contributed by atoms with E-state index in [1.807, 2.05) is 0 Å². The Morgan fingerprint density at radius 3 is 2.46 bits per heavy atom. The molecule has 2 aromatic rings. The maximum atomic E-state index is 12.3. The first-order valence-electron chi connectivity index (χ1n) is 10.0. The molecular formula is C20H28N6O2. The van der Waals surface area contributed by atoms with Crippen LogP contribution >= 0.6 is 0 Å². The van der Waals surface area contributed by atoms with Gasteiger partial charge in [-0.2, -0.15) is 4.98 Å². The molecule has 28 heavy (non-hydrogen) atoms. The van der Waals surface area contributed by atoms with Crippen LogP contribution in [0, 0.1) is 0 Å². The number of nitrogens with zero attached hydrogens (tertiary/aromatic N) is 6. The molecule has 0 aliphatic carbocycles. The van der Waals surface area contributed by atoms with Crippen LogP contribution in [-0.4, -0.2) is 74.7 Å². The molecule has 0 amide bonds. The fourth-order valence-corrected chi connectivity index (χ4v) is 4.07. The smallest absolute Gasteiger partial charge is 0.299 e. The molecule has 0 unspecified atom stereocenters. The normalized spacial score (nSPS) is 20.4. The Balaban J connectivity index is 1.41. The molecule has 0 bridgehead atoms. The number of piperidine rings is 2. The van der Waals surface area contributed by atoms with Gasteiger partial charge in [0.15, 0.2) is 0 Å². The van der Waals surface area contributed by atoms with Gasteiger partial charge in [-0.15, -0.1) is 0 Å². The van der Waals surface area contributed by atoms with Crippen LogP contribution in [0.2, 0.25) is 0 Å². The molecule has 0 aromatic carbocycles. The Morgan fingerprint density at radius 2 is 1.79 bits per heavy atom. The zero-order valence-corrected chi connectivity index (χ0v) is 16.6. The van der Waals surface area contributed by atoms with Crippen molar-refractivity contribution < 1.29 is 4.74 Å². The summed E-state index contributed by atoms with van der Waals surface area (Å²) in [6, 6.07) is 4.28. The summed E-state index contributed by atoms with van der Waals surface area (Å²) in [5, 5.41) is 0. The van der Waals surface area contributed by atoms with Crippen molar-refractivity contribution in [3.05, 3.63) is 35.0 Å². The van der Waals surface area contributed by atoms with E-state index >= 15 is 0 Å². The summed E-state index contributed by atoms with van der Waals surface area (Å²) >= 11 is 0. The van der Waals surface area contributed by atoms with E-state index in [4.69, 9.17) is 4.74 Å². The second-order valence-corrected chi connectivity index (χ2v) is 7.80. The van der Waals surface area contributed by atoms with E-state index in [9.17, 15) is 4.79 Å². The highest BCUT2D eigenvalue weighted by atomic mass is 16.5. The van der Waals surface area contributed by atoms with E-state index in [0.717, 1.165) is 25.9 Å². The third-order valence-corrected chi connectivity index (χ3v) is 5.89. The molecule has 8 heteroatoms. The van der Waals surface area contributed by atoms with Crippen molar-refractivity contribution in [2.24, 2.45) is 7.05 Å². The van der Waals surface area contributed by atoms with Crippen molar-refractivity contribution in [3.8, 4) is 17.4 Å². The van der Waals surface area contributed by atoms with Crippen LogP contribution in [0.4, 0.5) is 0 Å². The maximum Gasteiger partial charge on any atom is 0.299 e. The number of ether oxygens (including phenoxy) is 1. The molecule has 4 heterocycles. The van der Waals surface area contributed by atoms with Gasteiger partial charge in [0.1, 0.15) is 12.4 Å². The minimum Gasteiger partial charge on any atom is -0.461 e. The number of hydrogen-bond acceptors (Lipinski definition) is 7. The molecule has 4 rings (SSSR count). The predicted octanol–water partition coefficient (Wildman–Crippen LogP) is 1.17. The summed E-state index contributed by atoms with van der Waals surface area (Å²) in [6.07, 6.45) is 7.59. The molecule has 2 saturated heterocycles. The molecule has 2 aliphatic rings. The summed E-state index contributed by atoms with van der Waals surface area (Å²) in [7, 11) is 3.89. The van der Waals surface area contributed by atoms with Gasteiger partial charge in [0.25, 0.3) is 11.6 Å². The largest absolute Gasteiger partial charge is 0.461 e. The monoisotopic (exact) mass is 384 g/mol. The van der Waals surface area contributed by atoms with Gasteiger partial charge in [0, 0.05) is 38.4 Å². The van der Waals surface area contributed by atoms with Crippen molar-refractivity contribution in [3.63, 3.8) is 0 Å². The first-order chi connectivity index (χ1) is 13.6. The van der Waals surface area contributed by atoms with Gasteiger partial charge in [0.2, 0.25) is 0 Å². The highest BCUT2D eigenvalue weighted by Gasteiger charge is 2.28. The summed E-state index contributed by atoms with van der Waals surface area (Å²) in [6.45, 7) is 4.45. The molecule has 0 atom stereocenters. The molecule has 150 valence electrons. The first kappa shape index (κ1) is 19.0. The number of hydrogen-bond donors (Lipinski definition) is 0. The number of aromatic nitrogens is 4. The SMILES string of the molecule is CN1CCC(N2CCC(Oc3nc(-c4ccncn4)cc(=O)n3C)CC2)CC1. The van der Waals surface area contributed by atoms with Crippen molar-refractivity contribution in [2.75, 3.05) is 33.2 Å². The van der Waals surface area contributed by atoms with E-state index in [1.54, 1.807) is 19.3 Å². The summed E-state index contributed by atoms with van der Waals surface area (Å²) in [4.78, 5) is 30.0. The van der Waals surface area contributed by atoms with Gasteiger partial charge in [-0.25, -0.2) is 9.97 Å². The standard InChI is InChI=1S/C20H28N6O2/c1-24-9-4-15(5-10-24)26-11-6-16(7-12-26)28-20-23-18(13-19(27)25(20)2)17-3-8-21-14-22-17/h3,8,13-16H,4-7,9-12H2,1-2H3. The number of likely N-dealkylation sites (tertiary alicyclic amines) is 2. The van der Waals surface area contributed by atoms with Gasteiger partial charge in [-0.3, -0.25) is 9.36 Å². The molecule has 0 radical (unpaired) electrons. The molecule has 0 saturated carbocycles. The Bertz CT molecular complexity index is 840. The molecule has 8 nitrogen and oxygen atoms in total. The van der Waals surface area contributed by atoms with Crippen molar-refractivity contribution in [1.82, 2.24) is 29.3 Å². The highest BCUT2D eigenvalue weighted by Crippen LogP contribution is 2.23. The average Bonchev–Trinajstić information content (AvgIpc) is 2.73. The van der Waals surface area contributed by atoms with Crippen molar-refractivity contribution in [1.29, 1.82) is 0 Å². The summed E-state index contributed by atoms with van der Waals surface area (Å²) < 4.78 is 7.62. The van der Waals surface area contributed by atoms with E-state index in [2.05, 4.69) is 31.8 Å². The second-order valence-electron chi connectivity index (χ2n) is 7.80. The Morgan fingerprint density at radius 1 is 1.04 bits per heavy atom.